The van der Waals surface area contributed by atoms with Gasteiger partial charge in [-0.1, -0.05) is 11.6 Å². The Hall–Kier alpha value is -0.960. The number of hydrogen-bond acceptors (Lipinski definition) is 2. The van der Waals surface area contributed by atoms with Crippen molar-refractivity contribution in [1.82, 2.24) is 4.98 Å². The first-order valence-electron chi connectivity index (χ1n) is 4.38. The number of H-pyrrole nitrogens is 1. The molecule has 70 valence electrons. The van der Waals surface area contributed by atoms with E-state index in [1.165, 1.54) is 25.0 Å². The summed E-state index contributed by atoms with van der Waals surface area (Å²) in [5, 5.41) is 3.53. The van der Waals surface area contributed by atoms with E-state index in [0.29, 0.717) is 11.0 Å². The fourth-order valence-corrected chi connectivity index (χ4v) is 1.39. The number of nitrogens with one attached hydrogen (secondary N) is 2. The van der Waals surface area contributed by atoms with Gasteiger partial charge in [0.25, 0.3) is 0 Å². The summed E-state index contributed by atoms with van der Waals surface area (Å²) >= 11 is 5.69. The SMILES string of the molecule is O=c1cc(Cl)[nH]c(NCC2CC2)c1. The summed E-state index contributed by atoms with van der Waals surface area (Å²) in [4.78, 5) is 13.9. The Morgan fingerprint density at radius 1 is 1.54 bits per heavy atom. The van der Waals surface area contributed by atoms with Gasteiger partial charge in [0, 0.05) is 18.7 Å². The molecule has 1 aromatic rings. The maximum absolute atomic E-state index is 11.0. The van der Waals surface area contributed by atoms with E-state index in [0.717, 1.165) is 12.5 Å². The van der Waals surface area contributed by atoms with Gasteiger partial charge in [0.05, 0.1) is 0 Å². The average Bonchev–Trinajstić information content (AvgIpc) is 2.81. The third-order valence-corrected chi connectivity index (χ3v) is 2.29. The van der Waals surface area contributed by atoms with Gasteiger partial charge in [-0.25, -0.2) is 0 Å². The quantitative estimate of drug-likeness (QED) is 0.729. The predicted octanol–water partition coefficient (Wildman–Crippen LogP) is 1.85. The van der Waals surface area contributed by atoms with E-state index in [4.69, 9.17) is 11.6 Å². The molecule has 1 aromatic heterocycles. The average molecular weight is 199 g/mol. The normalized spacial score (nSPS) is 15.8. The third-order valence-electron chi connectivity index (χ3n) is 2.09. The molecule has 2 N–H and O–H groups in total. The molecule has 1 saturated carbocycles. The van der Waals surface area contributed by atoms with Crippen LogP contribution in [0.15, 0.2) is 16.9 Å². The minimum Gasteiger partial charge on any atom is -0.371 e. The number of aromatic nitrogens is 1. The smallest absolute Gasteiger partial charge is 0.185 e. The summed E-state index contributed by atoms with van der Waals surface area (Å²) in [5.41, 5.74) is -0.0675. The van der Waals surface area contributed by atoms with Gasteiger partial charge < -0.3 is 10.3 Å². The zero-order valence-corrected chi connectivity index (χ0v) is 7.90. The van der Waals surface area contributed by atoms with Crippen LogP contribution in [0.5, 0.6) is 0 Å². The summed E-state index contributed by atoms with van der Waals surface area (Å²) in [7, 11) is 0. The van der Waals surface area contributed by atoms with E-state index in [2.05, 4.69) is 10.3 Å². The van der Waals surface area contributed by atoms with Gasteiger partial charge in [0.1, 0.15) is 11.0 Å². The Morgan fingerprint density at radius 3 is 2.92 bits per heavy atom. The molecule has 1 aliphatic carbocycles. The molecule has 0 radical (unpaired) electrons. The van der Waals surface area contributed by atoms with Crippen LogP contribution in [0.1, 0.15) is 12.8 Å². The standard InChI is InChI=1S/C9H11ClN2O/c10-8-3-7(13)4-9(12-8)11-5-6-1-2-6/h3-4,6H,1-2,5H2,(H2,11,12,13). The molecule has 0 atom stereocenters. The van der Waals surface area contributed by atoms with Crippen molar-refractivity contribution in [1.29, 1.82) is 0 Å². The van der Waals surface area contributed by atoms with Crippen molar-refractivity contribution in [3.05, 3.63) is 27.5 Å². The topological polar surface area (TPSA) is 44.9 Å². The Morgan fingerprint density at radius 2 is 2.31 bits per heavy atom. The van der Waals surface area contributed by atoms with Crippen molar-refractivity contribution >= 4 is 17.4 Å². The number of pyridine rings is 1. The molecular weight excluding hydrogens is 188 g/mol. The van der Waals surface area contributed by atoms with Gasteiger partial charge in [-0.15, -0.1) is 0 Å². The number of hydrogen-bond donors (Lipinski definition) is 2. The van der Waals surface area contributed by atoms with Crippen LogP contribution >= 0.6 is 11.6 Å². The largest absolute Gasteiger partial charge is 0.371 e. The molecule has 13 heavy (non-hydrogen) atoms. The Bertz CT molecular complexity index is 357. The van der Waals surface area contributed by atoms with Crippen LogP contribution in [-0.2, 0) is 0 Å². The monoisotopic (exact) mass is 198 g/mol. The molecule has 1 aliphatic rings. The number of rotatable bonds is 3. The first-order chi connectivity index (χ1) is 6.24. The van der Waals surface area contributed by atoms with Crippen LogP contribution < -0.4 is 10.7 Å². The lowest BCUT2D eigenvalue weighted by Gasteiger charge is -2.04. The van der Waals surface area contributed by atoms with E-state index in [1.807, 2.05) is 0 Å². The minimum atomic E-state index is -0.0675. The zero-order valence-electron chi connectivity index (χ0n) is 7.14. The highest BCUT2D eigenvalue weighted by Gasteiger charge is 2.20. The lowest BCUT2D eigenvalue weighted by atomic mass is 10.4. The number of aromatic amines is 1. The molecule has 4 heteroatoms. The van der Waals surface area contributed by atoms with Crippen LogP contribution in [0.2, 0.25) is 5.15 Å². The molecule has 0 saturated heterocycles. The predicted molar refractivity (Wildman–Crippen MR) is 53.3 cm³/mol. The second-order valence-electron chi connectivity index (χ2n) is 3.40. The molecule has 0 unspecified atom stereocenters. The fraction of sp³-hybridized carbons (Fsp3) is 0.444. The van der Waals surface area contributed by atoms with E-state index in [1.54, 1.807) is 0 Å². The molecule has 0 amide bonds. The van der Waals surface area contributed by atoms with E-state index >= 15 is 0 Å². The molecule has 3 nitrogen and oxygen atoms in total. The minimum absolute atomic E-state index is 0.0675. The molecule has 1 heterocycles. The van der Waals surface area contributed by atoms with Gasteiger partial charge in [-0.2, -0.15) is 0 Å². The van der Waals surface area contributed by atoms with Crippen LogP contribution in [0.25, 0.3) is 0 Å². The Labute approximate surface area is 81.1 Å². The van der Waals surface area contributed by atoms with Gasteiger partial charge in [-0.05, 0) is 18.8 Å². The van der Waals surface area contributed by atoms with Gasteiger partial charge in [0.2, 0.25) is 0 Å². The maximum atomic E-state index is 11.0. The number of anilines is 1. The zero-order chi connectivity index (χ0) is 9.26. The highest BCUT2D eigenvalue weighted by Crippen LogP contribution is 2.28. The molecule has 0 aromatic carbocycles. The number of halogens is 1. The Balaban J connectivity index is 2.05. The summed E-state index contributed by atoms with van der Waals surface area (Å²) in [5.74, 6) is 1.49. The van der Waals surface area contributed by atoms with Crippen LogP contribution in [0.3, 0.4) is 0 Å². The summed E-state index contributed by atoms with van der Waals surface area (Å²) in [6.07, 6.45) is 2.58. The fourth-order valence-electron chi connectivity index (χ4n) is 1.18. The van der Waals surface area contributed by atoms with Gasteiger partial charge in [0.15, 0.2) is 5.43 Å². The first kappa shape index (κ1) is 8.63. The lowest BCUT2D eigenvalue weighted by Crippen LogP contribution is -2.08. The van der Waals surface area contributed by atoms with Crippen molar-refractivity contribution in [2.24, 2.45) is 5.92 Å². The van der Waals surface area contributed by atoms with E-state index < -0.39 is 0 Å². The van der Waals surface area contributed by atoms with Gasteiger partial charge >= 0.3 is 0 Å². The molecule has 2 rings (SSSR count). The first-order valence-corrected chi connectivity index (χ1v) is 4.75. The second kappa shape index (κ2) is 3.42. The summed E-state index contributed by atoms with van der Waals surface area (Å²) < 4.78 is 0. The molecule has 0 aliphatic heterocycles. The molecule has 0 spiro atoms. The molecule has 1 fully saturated rings. The summed E-state index contributed by atoms with van der Waals surface area (Å²) in [6.45, 7) is 0.927. The summed E-state index contributed by atoms with van der Waals surface area (Å²) in [6, 6.07) is 2.89. The highest BCUT2D eigenvalue weighted by molar-refractivity contribution is 6.29. The van der Waals surface area contributed by atoms with Crippen molar-refractivity contribution in [2.45, 2.75) is 12.8 Å². The van der Waals surface area contributed by atoms with Crippen LogP contribution in [-0.4, -0.2) is 11.5 Å². The Kier molecular flexibility index (Phi) is 2.27. The highest BCUT2D eigenvalue weighted by atomic mass is 35.5. The lowest BCUT2D eigenvalue weighted by molar-refractivity contribution is 0.882. The molecular formula is C9H11ClN2O. The van der Waals surface area contributed by atoms with Crippen LogP contribution in [0, 0.1) is 5.92 Å². The van der Waals surface area contributed by atoms with Crippen molar-refractivity contribution in [2.75, 3.05) is 11.9 Å². The van der Waals surface area contributed by atoms with Crippen molar-refractivity contribution in [3.63, 3.8) is 0 Å². The van der Waals surface area contributed by atoms with E-state index in [-0.39, 0.29) is 5.43 Å². The van der Waals surface area contributed by atoms with Crippen molar-refractivity contribution in [3.8, 4) is 0 Å². The second-order valence-corrected chi connectivity index (χ2v) is 3.81. The van der Waals surface area contributed by atoms with Gasteiger partial charge in [-0.3, -0.25) is 4.79 Å². The third kappa shape index (κ3) is 2.49. The van der Waals surface area contributed by atoms with Crippen molar-refractivity contribution < 1.29 is 0 Å². The van der Waals surface area contributed by atoms with Crippen LogP contribution in [0.4, 0.5) is 5.82 Å². The molecule has 0 bridgehead atoms. The maximum Gasteiger partial charge on any atom is 0.185 e. The van der Waals surface area contributed by atoms with E-state index in [9.17, 15) is 4.79 Å².